The van der Waals surface area contributed by atoms with Crippen LogP contribution in [-0.4, -0.2) is 45.8 Å². The zero-order valence-corrected chi connectivity index (χ0v) is 14.9. The Hall–Kier alpha value is -2.24. The van der Waals surface area contributed by atoms with E-state index in [1.807, 2.05) is 6.07 Å². The molecule has 3 saturated heterocycles. The Labute approximate surface area is 153 Å². The van der Waals surface area contributed by atoms with Crippen molar-refractivity contribution in [2.45, 2.75) is 32.0 Å². The molecule has 2 aromatic carbocycles. The molecule has 6 rings (SSSR count). The lowest BCUT2D eigenvalue weighted by atomic mass is 9.94. The van der Waals surface area contributed by atoms with Gasteiger partial charge in [0.1, 0.15) is 11.0 Å². The SMILES string of the molecule is c1ccc(CN2C[C@@H]3CC[C@H]2CN(Cc2cccc4nonc24)C3)cc1. The van der Waals surface area contributed by atoms with Gasteiger partial charge in [-0.15, -0.1) is 0 Å². The van der Waals surface area contributed by atoms with Crippen LogP contribution in [0.2, 0.25) is 0 Å². The van der Waals surface area contributed by atoms with E-state index >= 15 is 0 Å². The van der Waals surface area contributed by atoms with Gasteiger partial charge in [0.05, 0.1) is 0 Å². The maximum absolute atomic E-state index is 4.93. The number of hydrogen-bond donors (Lipinski definition) is 0. The molecule has 0 radical (unpaired) electrons. The van der Waals surface area contributed by atoms with Gasteiger partial charge in [0, 0.05) is 38.8 Å². The van der Waals surface area contributed by atoms with Gasteiger partial charge >= 0.3 is 0 Å². The number of rotatable bonds is 4. The molecule has 134 valence electrons. The Morgan fingerprint density at radius 2 is 1.81 bits per heavy atom. The van der Waals surface area contributed by atoms with Crippen LogP contribution in [0.4, 0.5) is 0 Å². The van der Waals surface area contributed by atoms with Crippen molar-refractivity contribution in [1.82, 2.24) is 20.1 Å². The van der Waals surface area contributed by atoms with E-state index in [4.69, 9.17) is 4.63 Å². The Balaban J connectivity index is 1.33. The number of piperidine rings is 1. The second kappa shape index (κ2) is 6.82. The number of hydrogen-bond acceptors (Lipinski definition) is 5. The van der Waals surface area contributed by atoms with Crippen LogP contribution < -0.4 is 0 Å². The third-order valence-corrected chi connectivity index (χ3v) is 5.89. The predicted octanol–water partition coefficient (Wildman–Crippen LogP) is 3.32. The lowest BCUT2D eigenvalue weighted by molar-refractivity contribution is 0.123. The van der Waals surface area contributed by atoms with Crippen LogP contribution >= 0.6 is 0 Å². The van der Waals surface area contributed by atoms with Gasteiger partial charge in [0.25, 0.3) is 0 Å². The second-order valence-electron chi connectivity index (χ2n) is 7.76. The Morgan fingerprint density at radius 1 is 0.885 bits per heavy atom. The van der Waals surface area contributed by atoms with E-state index in [1.54, 1.807) is 0 Å². The van der Waals surface area contributed by atoms with Gasteiger partial charge < -0.3 is 0 Å². The van der Waals surface area contributed by atoms with E-state index in [0.29, 0.717) is 6.04 Å². The highest BCUT2D eigenvalue weighted by atomic mass is 16.6. The molecule has 3 fully saturated rings. The van der Waals surface area contributed by atoms with E-state index in [1.165, 1.54) is 37.1 Å². The zero-order valence-electron chi connectivity index (χ0n) is 14.9. The minimum Gasteiger partial charge on any atom is -0.297 e. The van der Waals surface area contributed by atoms with Crippen molar-refractivity contribution < 1.29 is 4.63 Å². The first-order valence-corrected chi connectivity index (χ1v) is 9.55. The smallest absolute Gasteiger partial charge is 0.139 e. The summed E-state index contributed by atoms with van der Waals surface area (Å²) in [6.45, 7) is 5.51. The average molecular weight is 348 g/mol. The van der Waals surface area contributed by atoms with E-state index < -0.39 is 0 Å². The summed E-state index contributed by atoms with van der Waals surface area (Å²) in [7, 11) is 0. The standard InChI is InChI=1S/C21H24N4O/c1-2-5-16(6-3-1)12-25-13-17-9-10-19(25)15-24(11-17)14-18-7-4-8-20-21(18)23-26-22-20/h1-8,17,19H,9-15H2/t17-,19+/m1/s1. The molecule has 1 aromatic heterocycles. The molecule has 5 heteroatoms. The lowest BCUT2D eigenvalue weighted by Crippen LogP contribution is -2.43. The number of aromatic nitrogens is 2. The molecule has 2 bridgehead atoms. The van der Waals surface area contributed by atoms with E-state index in [0.717, 1.165) is 36.6 Å². The normalized spacial score (nSPS) is 24.2. The van der Waals surface area contributed by atoms with Gasteiger partial charge in [-0.2, -0.15) is 0 Å². The largest absolute Gasteiger partial charge is 0.297 e. The molecule has 3 aromatic rings. The summed E-state index contributed by atoms with van der Waals surface area (Å²) >= 11 is 0. The van der Waals surface area contributed by atoms with Gasteiger partial charge in [0.15, 0.2) is 0 Å². The zero-order chi connectivity index (χ0) is 17.3. The van der Waals surface area contributed by atoms with Gasteiger partial charge in [-0.25, -0.2) is 4.63 Å². The Kier molecular flexibility index (Phi) is 4.19. The molecule has 0 unspecified atom stereocenters. The summed E-state index contributed by atoms with van der Waals surface area (Å²) in [6.07, 6.45) is 2.66. The number of fused-ring (bicyclic) bond motifs is 5. The van der Waals surface area contributed by atoms with Crippen molar-refractivity contribution >= 4 is 11.0 Å². The first-order valence-electron chi connectivity index (χ1n) is 9.55. The molecule has 0 amide bonds. The molecule has 4 heterocycles. The fourth-order valence-electron chi connectivity index (χ4n) is 4.65. The summed E-state index contributed by atoms with van der Waals surface area (Å²) in [6, 6.07) is 17.7. The number of benzene rings is 2. The molecule has 5 nitrogen and oxygen atoms in total. The van der Waals surface area contributed by atoms with Crippen molar-refractivity contribution in [2.24, 2.45) is 5.92 Å². The van der Waals surface area contributed by atoms with E-state index in [2.05, 4.69) is 62.6 Å². The Bertz CT molecular complexity index is 878. The van der Waals surface area contributed by atoms with Crippen LogP contribution in [0.25, 0.3) is 11.0 Å². The highest BCUT2D eigenvalue weighted by molar-refractivity contribution is 5.76. The lowest BCUT2D eigenvalue weighted by Gasteiger charge is -2.36. The molecule has 26 heavy (non-hydrogen) atoms. The molecule has 0 aliphatic carbocycles. The van der Waals surface area contributed by atoms with E-state index in [9.17, 15) is 0 Å². The maximum atomic E-state index is 4.93. The first kappa shape index (κ1) is 16.0. The molecule has 0 N–H and O–H groups in total. The maximum Gasteiger partial charge on any atom is 0.139 e. The first-order chi connectivity index (χ1) is 12.8. The minimum atomic E-state index is 0.642. The average Bonchev–Trinajstić information content (AvgIpc) is 2.99. The third kappa shape index (κ3) is 3.13. The van der Waals surface area contributed by atoms with Crippen LogP contribution in [0.1, 0.15) is 24.0 Å². The van der Waals surface area contributed by atoms with Gasteiger partial charge in [-0.3, -0.25) is 9.80 Å². The van der Waals surface area contributed by atoms with Crippen molar-refractivity contribution in [3.05, 3.63) is 59.7 Å². The third-order valence-electron chi connectivity index (χ3n) is 5.89. The molecular weight excluding hydrogens is 324 g/mol. The monoisotopic (exact) mass is 348 g/mol. The summed E-state index contributed by atoms with van der Waals surface area (Å²) in [5.74, 6) is 0.757. The van der Waals surface area contributed by atoms with Gasteiger partial charge in [-0.05, 0) is 46.3 Å². The highest BCUT2D eigenvalue weighted by Crippen LogP contribution is 2.30. The van der Waals surface area contributed by atoms with E-state index in [-0.39, 0.29) is 0 Å². The van der Waals surface area contributed by atoms with Crippen molar-refractivity contribution in [1.29, 1.82) is 0 Å². The van der Waals surface area contributed by atoms with Crippen LogP contribution in [-0.2, 0) is 13.1 Å². The summed E-state index contributed by atoms with van der Waals surface area (Å²) in [5.41, 5.74) is 4.40. The fraction of sp³-hybridized carbons (Fsp3) is 0.429. The Morgan fingerprint density at radius 3 is 2.73 bits per heavy atom. The minimum absolute atomic E-state index is 0.642. The number of nitrogens with zero attached hydrogens (tertiary/aromatic N) is 4. The summed E-state index contributed by atoms with van der Waals surface area (Å²) < 4.78 is 4.93. The summed E-state index contributed by atoms with van der Waals surface area (Å²) in [4.78, 5) is 5.30. The summed E-state index contributed by atoms with van der Waals surface area (Å²) in [5, 5.41) is 8.09. The molecule has 0 saturated carbocycles. The molecule has 3 aliphatic heterocycles. The van der Waals surface area contributed by atoms with Crippen LogP contribution in [0.3, 0.4) is 0 Å². The molecular formula is C21H24N4O. The quantitative estimate of drug-likeness (QED) is 0.724. The van der Waals surface area contributed by atoms with Crippen molar-refractivity contribution in [3.8, 4) is 0 Å². The van der Waals surface area contributed by atoms with Crippen LogP contribution in [0.15, 0.2) is 53.2 Å². The predicted molar refractivity (Wildman–Crippen MR) is 100 cm³/mol. The van der Waals surface area contributed by atoms with Crippen molar-refractivity contribution in [3.63, 3.8) is 0 Å². The second-order valence-corrected chi connectivity index (χ2v) is 7.76. The van der Waals surface area contributed by atoms with Crippen LogP contribution in [0.5, 0.6) is 0 Å². The van der Waals surface area contributed by atoms with Gasteiger partial charge in [-0.1, -0.05) is 42.5 Å². The topological polar surface area (TPSA) is 45.4 Å². The van der Waals surface area contributed by atoms with Crippen molar-refractivity contribution in [2.75, 3.05) is 19.6 Å². The van der Waals surface area contributed by atoms with Crippen LogP contribution in [0, 0.1) is 5.92 Å². The van der Waals surface area contributed by atoms with Gasteiger partial charge in [0.2, 0.25) is 0 Å². The molecule has 0 spiro atoms. The molecule has 3 aliphatic rings. The highest BCUT2D eigenvalue weighted by Gasteiger charge is 2.34. The fourth-order valence-corrected chi connectivity index (χ4v) is 4.65. The molecule has 2 atom stereocenters.